The number of aromatic hydroxyl groups is 5. The molecule has 95 heavy (non-hydrogen) atoms. The van der Waals surface area contributed by atoms with E-state index in [1.165, 1.54) is 0 Å². The Balaban J connectivity index is 1.39. The SMILES string of the molecule is CC(C)(C)c1cc2c(O)c(c1)Cc1cc(C(C)(C)C)cc(c1O)Cc1cc(C(C)(C)C)cc(c1O)Cc1cc(C(C)(C)C)cc3c1OCCOCCOCCOCCOc1c(cc(C(C)(C)C)cc1C3)Cc1cc(C(C)(C)C)cc(c1O)Cc1cc(C(C)(C)C)cc(c1O)C2. The molecule has 0 fully saturated rings. The quantitative estimate of drug-likeness (QED) is 0.0994. The maximum atomic E-state index is 13.1. The Morgan fingerprint density at radius 2 is 0.326 bits per heavy atom. The lowest BCUT2D eigenvalue weighted by atomic mass is 9.79. The van der Waals surface area contributed by atoms with E-state index >= 15 is 0 Å². The van der Waals surface area contributed by atoms with Crippen molar-refractivity contribution in [1.29, 1.82) is 0 Å². The van der Waals surface area contributed by atoms with Crippen molar-refractivity contribution in [2.24, 2.45) is 0 Å². The Morgan fingerprint density at radius 1 is 0.200 bits per heavy atom. The van der Waals surface area contributed by atoms with Gasteiger partial charge in [-0.3, -0.25) is 0 Å². The van der Waals surface area contributed by atoms with Crippen molar-refractivity contribution in [3.8, 4) is 40.2 Å². The van der Waals surface area contributed by atoms with Gasteiger partial charge in [0, 0.05) is 44.9 Å². The summed E-state index contributed by atoms with van der Waals surface area (Å²) < 4.78 is 32.5. The lowest BCUT2D eigenvalue weighted by Crippen LogP contribution is -2.18. The van der Waals surface area contributed by atoms with Gasteiger partial charge in [0.2, 0.25) is 0 Å². The molecule has 2 aliphatic rings. The van der Waals surface area contributed by atoms with Crippen molar-refractivity contribution in [2.45, 2.75) is 228 Å². The van der Waals surface area contributed by atoms with Crippen LogP contribution in [0.1, 0.15) is 262 Å². The fraction of sp³-hybridized carbons (Fsp3) is 0.506. The molecule has 0 unspecified atom stereocenters. The summed E-state index contributed by atoms with van der Waals surface area (Å²) in [6, 6.07) is 30.0. The van der Waals surface area contributed by atoms with E-state index in [9.17, 15) is 25.5 Å². The van der Waals surface area contributed by atoms with Gasteiger partial charge in [0.25, 0.3) is 0 Å². The van der Waals surface area contributed by atoms with E-state index in [0.29, 0.717) is 115 Å². The highest BCUT2D eigenvalue weighted by Gasteiger charge is 2.31. The number of ether oxygens (including phenoxy) is 5. The van der Waals surface area contributed by atoms with Crippen LogP contribution in [0.25, 0.3) is 0 Å². The Bertz CT molecular complexity index is 3700. The molecule has 0 amide bonds. The molecule has 10 nitrogen and oxygen atoms in total. The lowest BCUT2D eigenvalue weighted by Gasteiger charge is -2.28. The van der Waals surface area contributed by atoms with Crippen LogP contribution in [0.4, 0.5) is 0 Å². The number of hydrogen-bond donors (Lipinski definition) is 5. The largest absolute Gasteiger partial charge is 0.507 e. The summed E-state index contributed by atoms with van der Waals surface area (Å²) in [7, 11) is 0. The second kappa shape index (κ2) is 27.5. The van der Waals surface area contributed by atoms with Crippen molar-refractivity contribution >= 4 is 0 Å². The molecule has 0 spiro atoms. The maximum absolute atomic E-state index is 13.1. The van der Waals surface area contributed by atoms with E-state index in [1.807, 2.05) is 0 Å². The third-order valence-corrected chi connectivity index (χ3v) is 19.2. The number of phenolic OH excluding ortho intramolecular Hbond substituents is 5. The van der Waals surface area contributed by atoms with Gasteiger partial charge >= 0.3 is 0 Å². The average Bonchev–Trinajstić information content (AvgIpc) is 0.779. The first-order chi connectivity index (χ1) is 44.0. The topological polar surface area (TPSA) is 147 Å². The van der Waals surface area contributed by atoms with Crippen molar-refractivity contribution in [3.63, 3.8) is 0 Å². The van der Waals surface area contributed by atoms with Crippen LogP contribution < -0.4 is 9.47 Å². The summed E-state index contributed by atoms with van der Waals surface area (Å²) in [6.45, 7) is 48.8. The first kappa shape index (κ1) is 72.3. The van der Waals surface area contributed by atoms with Gasteiger partial charge in [0.15, 0.2) is 0 Å². The minimum Gasteiger partial charge on any atom is -0.507 e. The van der Waals surface area contributed by atoms with E-state index in [-0.39, 0.29) is 106 Å². The predicted octanol–water partition coefficient (Wildman–Crippen LogP) is 18.6. The molecule has 0 atom stereocenters. The van der Waals surface area contributed by atoms with Gasteiger partial charge in [-0.05, 0) is 155 Å². The maximum Gasteiger partial charge on any atom is 0.126 e. The Labute approximate surface area is 569 Å². The third kappa shape index (κ3) is 17.2. The summed E-state index contributed by atoms with van der Waals surface area (Å²) in [5.74, 6) is 2.02. The highest BCUT2D eigenvalue weighted by atomic mass is 16.6. The van der Waals surface area contributed by atoms with E-state index < -0.39 is 0 Å². The zero-order chi connectivity index (χ0) is 69.7. The molecule has 1 aliphatic carbocycles. The molecular weight excluding hydrogens is 1180 g/mol. The summed E-state index contributed by atoms with van der Waals surface area (Å²) >= 11 is 0. The van der Waals surface area contributed by atoms with Crippen LogP contribution in [0.15, 0.2) is 84.9 Å². The van der Waals surface area contributed by atoms with Gasteiger partial charge in [-0.25, -0.2) is 0 Å². The number of hydrogen-bond acceptors (Lipinski definition) is 10. The number of rotatable bonds is 0. The summed E-state index contributed by atoms with van der Waals surface area (Å²) in [5, 5.41) is 64.7. The Hall–Kier alpha value is -6.98. The van der Waals surface area contributed by atoms with Crippen LogP contribution in [-0.4, -0.2) is 78.4 Å². The van der Waals surface area contributed by atoms with Gasteiger partial charge in [0.1, 0.15) is 53.5 Å². The molecular formula is C85H112O10. The monoisotopic (exact) mass is 1290 g/mol. The van der Waals surface area contributed by atoms with Crippen LogP contribution in [0.2, 0.25) is 0 Å². The van der Waals surface area contributed by atoms with Crippen LogP contribution in [-0.2, 0) is 97.1 Å². The first-order valence-corrected chi connectivity index (χ1v) is 34.6. The van der Waals surface area contributed by atoms with E-state index in [4.69, 9.17) is 23.7 Å². The summed E-state index contributed by atoms with van der Waals surface area (Å²) in [6.07, 6.45) is 1.96. The molecule has 0 aromatic heterocycles. The molecule has 9 rings (SSSR count). The second-order valence-electron chi connectivity index (χ2n) is 34.5. The van der Waals surface area contributed by atoms with Gasteiger partial charge in [-0.1, -0.05) is 230 Å². The second-order valence-corrected chi connectivity index (χ2v) is 34.5. The molecule has 5 N–H and O–H groups in total. The lowest BCUT2D eigenvalue weighted by molar-refractivity contribution is 0.00474. The average molecular weight is 1290 g/mol. The predicted molar refractivity (Wildman–Crippen MR) is 387 cm³/mol. The third-order valence-electron chi connectivity index (χ3n) is 19.2. The van der Waals surface area contributed by atoms with Crippen molar-refractivity contribution in [2.75, 3.05) is 52.9 Å². The van der Waals surface area contributed by atoms with Gasteiger partial charge < -0.3 is 49.2 Å². The first-order valence-electron chi connectivity index (χ1n) is 34.6. The standard InChI is InChI=1S/C85H112O10/c1-79(2,3)65-37-51-30-53-39-66(80(4,5)6)41-55(73(53)87)32-57-43-68(82(10,11)12)45-59(75(57)89)34-61-47-70(84(16,17)18)49-63-36-64-50-71(85(19,20)21)48-62(78(64)95-29-27-93-25-23-91-22-24-92-26-28-94-77(61)63)35-60-46-69(83(13,14)15)44-58(76(60)90)33-56-42-67(81(7,8)9)40-54(74(56)88)31-52(38-65)72(51)86/h37-50,86-90H,22-36H2,1-21H3. The molecule has 7 aromatic rings. The van der Waals surface area contributed by atoms with Gasteiger partial charge in [0.05, 0.1) is 39.6 Å². The minimum absolute atomic E-state index is 0.101. The molecule has 0 saturated carbocycles. The minimum atomic E-state index is -0.341. The zero-order valence-corrected chi connectivity index (χ0v) is 61.5. The highest BCUT2D eigenvalue weighted by Crippen LogP contribution is 2.46. The zero-order valence-electron chi connectivity index (χ0n) is 61.5. The number of phenols is 5. The molecule has 1 aliphatic heterocycles. The fourth-order valence-corrected chi connectivity index (χ4v) is 13.0. The fourth-order valence-electron chi connectivity index (χ4n) is 13.0. The number of benzene rings is 7. The molecule has 0 saturated heterocycles. The molecule has 7 aromatic carbocycles. The van der Waals surface area contributed by atoms with E-state index in [1.54, 1.807) is 0 Å². The van der Waals surface area contributed by atoms with Crippen molar-refractivity contribution in [3.05, 3.63) is 202 Å². The molecule has 16 bridgehead atoms. The van der Waals surface area contributed by atoms with Crippen LogP contribution in [0.3, 0.4) is 0 Å². The van der Waals surface area contributed by atoms with Crippen molar-refractivity contribution in [1.82, 2.24) is 0 Å². The molecule has 0 radical (unpaired) electrons. The number of fused-ring (bicyclic) bond motifs is 10. The molecule has 1 heterocycles. The molecule has 10 heteroatoms. The molecule has 512 valence electrons. The van der Waals surface area contributed by atoms with Crippen LogP contribution in [0.5, 0.6) is 40.2 Å². The van der Waals surface area contributed by atoms with E-state index in [2.05, 4.69) is 230 Å². The Kier molecular flexibility index (Phi) is 20.9. The van der Waals surface area contributed by atoms with Crippen LogP contribution in [0, 0.1) is 0 Å². The van der Waals surface area contributed by atoms with Crippen molar-refractivity contribution < 1.29 is 49.2 Å². The van der Waals surface area contributed by atoms with Gasteiger partial charge in [-0.2, -0.15) is 0 Å². The van der Waals surface area contributed by atoms with Gasteiger partial charge in [-0.15, -0.1) is 0 Å². The summed E-state index contributed by atoms with van der Waals surface area (Å²) in [4.78, 5) is 0. The summed E-state index contributed by atoms with van der Waals surface area (Å²) in [5.41, 5.74) is 15.5. The van der Waals surface area contributed by atoms with Crippen LogP contribution >= 0.6 is 0 Å². The normalized spacial score (nSPS) is 15.7. The van der Waals surface area contributed by atoms with E-state index in [0.717, 1.165) is 72.3 Å². The Morgan fingerprint density at radius 3 is 0.484 bits per heavy atom. The highest BCUT2D eigenvalue weighted by molar-refractivity contribution is 5.62. The smallest absolute Gasteiger partial charge is 0.126 e.